The Morgan fingerprint density at radius 1 is 1.32 bits per heavy atom. The molecule has 1 saturated carbocycles. The van der Waals surface area contributed by atoms with Crippen molar-refractivity contribution in [1.29, 1.82) is 0 Å². The topological polar surface area (TPSA) is 40.6 Å². The van der Waals surface area contributed by atoms with Crippen molar-refractivity contribution in [3.05, 3.63) is 28.5 Å². The highest BCUT2D eigenvalue weighted by atomic mass is 32.1. The molecule has 0 aromatic carbocycles. The molecule has 1 aromatic rings. The zero-order valence-electron chi connectivity index (χ0n) is 12.5. The zero-order valence-corrected chi connectivity index (χ0v) is 13.3. The van der Waals surface area contributed by atoms with Crippen LogP contribution in [0.2, 0.25) is 0 Å². The van der Waals surface area contributed by atoms with Gasteiger partial charge in [-0.1, -0.05) is 6.07 Å². The van der Waals surface area contributed by atoms with Gasteiger partial charge in [-0.15, -0.1) is 11.3 Å². The Balaban J connectivity index is 1.35. The number of likely N-dealkylation sites (tertiary alicyclic amines) is 2. The minimum atomic E-state index is 0.0318. The van der Waals surface area contributed by atoms with E-state index < -0.39 is 0 Å². The minimum Gasteiger partial charge on any atom is -0.342 e. The predicted molar refractivity (Wildman–Crippen MR) is 86.2 cm³/mol. The van der Waals surface area contributed by atoms with Crippen LogP contribution in [-0.2, 0) is 9.59 Å². The van der Waals surface area contributed by atoms with Crippen LogP contribution in [-0.4, -0.2) is 47.8 Å². The Morgan fingerprint density at radius 3 is 2.86 bits per heavy atom. The van der Waals surface area contributed by atoms with E-state index in [0.717, 1.165) is 30.4 Å². The molecule has 1 aliphatic carbocycles. The average molecular weight is 316 g/mol. The lowest BCUT2D eigenvalue weighted by molar-refractivity contribution is -0.132. The second kappa shape index (κ2) is 5.54. The van der Waals surface area contributed by atoms with Crippen molar-refractivity contribution in [1.82, 2.24) is 9.80 Å². The maximum absolute atomic E-state index is 12.4. The van der Waals surface area contributed by atoms with Crippen LogP contribution in [0.15, 0.2) is 23.6 Å². The Kier molecular flexibility index (Phi) is 3.53. The van der Waals surface area contributed by atoms with Crippen molar-refractivity contribution in [2.75, 3.05) is 26.2 Å². The minimum absolute atomic E-state index is 0.0318. The normalized spacial score (nSPS) is 27.9. The van der Waals surface area contributed by atoms with E-state index in [1.165, 1.54) is 12.8 Å². The van der Waals surface area contributed by atoms with Gasteiger partial charge in [0, 0.05) is 43.1 Å². The van der Waals surface area contributed by atoms with E-state index in [4.69, 9.17) is 0 Å². The average Bonchev–Trinajstić information content (AvgIpc) is 2.92. The van der Waals surface area contributed by atoms with Crippen LogP contribution in [0.25, 0.3) is 6.08 Å². The van der Waals surface area contributed by atoms with E-state index in [-0.39, 0.29) is 17.7 Å². The lowest BCUT2D eigenvalue weighted by Gasteiger charge is -2.21. The van der Waals surface area contributed by atoms with Gasteiger partial charge in [0.25, 0.3) is 0 Å². The molecule has 0 spiro atoms. The van der Waals surface area contributed by atoms with Gasteiger partial charge < -0.3 is 9.80 Å². The molecule has 3 heterocycles. The van der Waals surface area contributed by atoms with Crippen molar-refractivity contribution in [2.24, 2.45) is 17.8 Å². The first-order valence-electron chi connectivity index (χ1n) is 8.00. The molecule has 4 rings (SSSR count). The van der Waals surface area contributed by atoms with Crippen LogP contribution in [0.4, 0.5) is 0 Å². The smallest absolute Gasteiger partial charge is 0.246 e. The molecule has 4 nitrogen and oxygen atoms in total. The van der Waals surface area contributed by atoms with E-state index in [9.17, 15) is 9.59 Å². The highest BCUT2D eigenvalue weighted by Crippen LogP contribution is 2.36. The summed E-state index contributed by atoms with van der Waals surface area (Å²) in [5.41, 5.74) is 0. The van der Waals surface area contributed by atoms with Crippen molar-refractivity contribution >= 4 is 29.2 Å². The van der Waals surface area contributed by atoms with Crippen LogP contribution in [0, 0.1) is 17.8 Å². The fourth-order valence-electron chi connectivity index (χ4n) is 3.55. The van der Waals surface area contributed by atoms with Crippen LogP contribution < -0.4 is 0 Å². The third-order valence-electron chi connectivity index (χ3n) is 4.95. The Hall–Kier alpha value is -1.62. The maximum Gasteiger partial charge on any atom is 0.246 e. The summed E-state index contributed by atoms with van der Waals surface area (Å²) in [6, 6.07) is 3.97. The number of hydrogen-bond donors (Lipinski definition) is 0. The molecule has 0 bridgehead atoms. The number of fused-ring (bicyclic) bond motifs is 1. The number of rotatable bonds is 4. The number of hydrogen-bond acceptors (Lipinski definition) is 3. The van der Waals surface area contributed by atoms with Gasteiger partial charge in [0.2, 0.25) is 11.8 Å². The number of carbonyl (C=O) groups excluding carboxylic acids is 2. The van der Waals surface area contributed by atoms with E-state index >= 15 is 0 Å². The predicted octanol–water partition coefficient (Wildman–Crippen LogP) is 2.09. The standard InChI is InChI=1S/C17H20N2O2S/c20-16(6-5-14-2-1-7-22-14)18-9-13-10-19(8-12-3-4-12)17(21)15(13)11-18/h1-2,5-7,12-13,15H,3-4,8-11H2/b6-5+/t13-,15-/m0/s1. The highest BCUT2D eigenvalue weighted by molar-refractivity contribution is 7.10. The second-order valence-electron chi connectivity index (χ2n) is 6.65. The lowest BCUT2D eigenvalue weighted by atomic mass is 10.0. The Labute approximate surface area is 134 Å². The van der Waals surface area contributed by atoms with Gasteiger partial charge >= 0.3 is 0 Å². The molecule has 2 aliphatic heterocycles. The molecule has 116 valence electrons. The van der Waals surface area contributed by atoms with Gasteiger partial charge in [0.15, 0.2) is 0 Å². The summed E-state index contributed by atoms with van der Waals surface area (Å²) >= 11 is 1.62. The first kappa shape index (κ1) is 14.0. The molecule has 2 saturated heterocycles. The molecule has 1 aromatic heterocycles. The first-order chi connectivity index (χ1) is 10.7. The monoisotopic (exact) mass is 316 g/mol. The van der Waals surface area contributed by atoms with E-state index in [1.54, 1.807) is 17.4 Å². The van der Waals surface area contributed by atoms with Gasteiger partial charge in [-0.2, -0.15) is 0 Å². The second-order valence-corrected chi connectivity index (χ2v) is 7.62. The summed E-state index contributed by atoms with van der Waals surface area (Å²) in [6.07, 6.45) is 6.05. The van der Waals surface area contributed by atoms with Gasteiger partial charge in [0.05, 0.1) is 5.92 Å². The molecule has 3 fully saturated rings. The number of amides is 2. The fourth-order valence-corrected chi connectivity index (χ4v) is 4.16. The summed E-state index contributed by atoms with van der Waals surface area (Å²) < 4.78 is 0. The molecule has 0 radical (unpaired) electrons. The van der Waals surface area contributed by atoms with Gasteiger partial charge in [-0.3, -0.25) is 9.59 Å². The van der Waals surface area contributed by atoms with Gasteiger partial charge in [0.1, 0.15) is 0 Å². The number of nitrogens with zero attached hydrogens (tertiary/aromatic N) is 2. The quantitative estimate of drug-likeness (QED) is 0.798. The lowest BCUT2D eigenvalue weighted by Crippen LogP contribution is -2.35. The van der Waals surface area contributed by atoms with Crippen molar-refractivity contribution < 1.29 is 9.59 Å². The van der Waals surface area contributed by atoms with Crippen LogP contribution in [0.3, 0.4) is 0 Å². The maximum atomic E-state index is 12.4. The molecular weight excluding hydrogens is 296 g/mol. The molecule has 3 aliphatic rings. The van der Waals surface area contributed by atoms with Gasteiger partial charge in [-0.05, 0) is 36.3 Å². The summed E-state index contributed by atoms with van der Waals surface area (Å²) in [5.74, 6) is 1.43. The van der Waals surface area contributed by atoms with Crippen LogP contribution >= 0.6 is 11.3 Å². The molecule has 0 unspecified atom stereocenters. The Bertz CT molecular complexity index is 606. The first-order valence-corrected chi connectivity index (χ1v) is 8.88. The van der Waals surface area contributed by atoms with Crippen LogP contribution in [0.1, 0.15) is 17.7 Å². The van der Waals surface area contributed by atoms with Crippen molar-refractivity contribution in [3.63, 3.8) is 0 Å². The third kappa shape index (κ3) is 2.70. The number of carbonyl (C=O) groups is 2. The zero-order chi connectivity index (χ0) is 15.1. The van der Waals surface area contributed by atoms with Crippen LogP contribution in [0.5, 0.6) is 0 Å². The fraction of sp³-hybridized carbons (Fsp3) is 0.529. The molecule has 2 atom stereocenters. The van der Waals surface area contributed by atoms with E-state index in [2.05, 4.69) is 0 Å². The van der Waals surface area contributed by atoms with Crippen molar-refractivity contribution in [2.45, 2.75) is 12.8 Å². The molecule has 2 amide bonds. The summed E-state index contributed by atoms with van der Waals surface area (Å²) in [4.78, 5) is 29.7. The number of thiophene rings is 1. The molecule has 22 heavy (non-hydrogen) atoms. The van der Waals surface area contributed by atoms with Crippen molar-refractivity contribution in [3.8, 4) is 0 Å². The molecule has 5 heteroatoms. The van der Waals surface area contributed by atoms with E-state index in [1.807, 2.05) is 33.4 Å². The SMILES string of the molecule is O=C(/C=C/c1cccs1)N1C[C@H]2CN(CC3CC3)C(=O)[C@H]2C1. The summed E-state index contributed by atoms with van der Waals surface area (Å²) in [5, 5.41) is 2.00. The molecule has 0 N–H and O–H groups in total. The molecular formula is C17H20N2O2S. The summed E-state index contributed by atoms with van der Waals surface area (Å²) in [6.45, 7) is 3.11. The third-order valence-corrected chi connectivity index (χ3v) is 5.78. The van der Waals surface area contributed by atoms with E-state index in [0.29, 0.717) is 12.5 Å². The summed E-state index contributed by atoms with van der Waals surface area (Å²) in [7, 11) is 0. The van der Waals surface area contributed by atoms with Gasteiger partial charge in [-0.25, -0.2) is 0 Å². The largest absolute Gasteiger partial charge is 0.342 e. The Morgan fingerprint density at radius 2 is 2.18 bits per heavy atom. The highest BCUT2D eigenvalue weighted by Gasteiger charge is 2.47.